The van der Waals surface area contributed by atoms with E-state index < -0.39 is 6.10 Å². The fourth-order valence-electron chi connectivity index (χ4n) is 3.62. The minimum Gasteiger partial charge on any atom is -0.391 e. The predicted octanol–water partition coefficient (Wildman–Crippen LogP) is 4.13. The van der Waals surface area contributed by atoms with Crippen molar-refractivity contribution in [3.8, 4) is 0 Å². The normalized spacial score (nSPS) is 12.6. The average Bonchev–Trinajstić information content (AvgIpc) is 3.03. The molecular weight excluding hydrogens is 336 g/mol. The highest BCUT2D eigenvalue weighted by Gasteiger charge is 2.11. The number of benzene rings is 2. The van der Waals surface area contributed by atoms with Crippen LogP contribution in [0.4, 0.5) is 5.95 Å². The third-order valence-corrected chi connectivity index (χ3v) is 4.84. The van der Waals surface area contributed by atoms with E-state index in [-0.39, 0.29) is 0 Å². The zero-order valence-corrected chi connectivity index (χ0v) is 15.7. The fraction of sp³-hybridized carbons (Fsp3) is 0.273. The topological polar surface area (TPSA) is 73.8 Å². The molecule has 0 aliphatic rings. The molecule has 0 aliphatic heterocycles. The summed E-state index contributed by atoms with van der Waals surface area (Å²) in [6, 6.07) is 16.6. The number of nitrogens with zero attached hydrogens (tertiary/aromatic N) is 2. The van der Waals surface area contributed by atoms with Gasteiger partial charge in [-0.2, -0.15) is 0 Å². The van der Waals surface area contributed by atoms with Crippen LogP contribution in [0, 0.1) is 13.8 Å². The number of aromatic amines is 1. The van der Waals surface area contributed by atoms with Gasteiger partial charge >= 0.3 is 0 Å². The van der Waals surface area contributed by atoms with Crippen molar-refractivity contribution in [1.29, 1.82) is 0 Å². The first-order valence-corrected chi connectivity index (χ1v) is 9.32. The third kappa shape index (κ3) is 3.78. The Morgan fingerprint density at radius 2 is 1.74 bits per heavy atom. The zero-order valence-electron chi connectivity index (χ0n) is 15.7. The number of hydrogen-bond acceptors (Lipinski definition) is 4. The Bertz CT molecular complexity index is 1070. The molecule has 1 atom stereocenters. The molecule has 27 heavy (non-hydrogen) atoms. The molecule has 0 saturated heterocycles. The summed E-state index contributed by atoms with van der Waals surface area (Å²) in [5.41, 5.74) is 5.39. The Kier molecular flexibility index (Phi) is 4.77. The van der Waals surface area contributed by atoms with E-state index in [0.717, 1.165) is 28.8 Å². The first kappa shape index (κ1) is 17.5. The maximum atomic E-state index is 10.4. The molecule has 0 spiro atoms. The average molecular weight is 360 g/mol. The maximum Gasteiger partial charge on any atom is 0.223 e. The molecule has 0 amide bonds. The molecule has 2 aromatic heterocycles. The van der Waals surface area contributed by atoms with E-state index in [9.17, 15) is 5.11 Å². The maximum absolute atomic E-state index is 10.4. The number of aliphatic hydroxyl groups excluding tert-OH is 1. The number of aliphatic hydroxyl groups is 1. The second kappa shape index (κ2) is 7.37. The Balaban J connectivity index is 1.45. The van der Waals surface area contributed by atoms with E-state index in [1.165, 1.54) is 16.3 Å². The van der Waals surface area contributed by atoms with Gasteiger partial charge in [0, 0.05) is 39.7 Å². The highest BCUT2D eigenvalue weighted by molar-refractivity contribution is 6.08. The molecular formula is C22H24N4O. The smallest absolute Gasteiger partial charge is 0.223 e. The van der Waals surface area contributed by atoms with Gasteiger partial charge in [0.1, 0.15) is 0 Å². The van der Waals surface area contributed by atoms with Gasteiger partial charge < -0.3 is 15.4 Å². The van der Waals surface area contributed by atoms with Gasteiger partial charge in [-0.3, -0.25) is 0 Å². The van der Waals surface area contributed by atoms with Crippen molar-refractivity contribution in [2.45, 2.75) is 32.8 Å². The molecule has 4 aromatic rings. The molecule has 0 bridgehead atoms. The molecule has 138 valence electrons. The molecule has 2 aromatic carbocycles. The molecule has 0 aliphatic carbocycles. The van der Waals surface area contributed by atoms with Crippen molar-refractivity contribution in [3.63, 3.8) is 0 Å². The number of fused-ring (bicyclic) bond motifs is 3. The van der Waals surface area contributed by atoms with Crippen LogP contribution in [0.5, 0.6) is 0 Å². The van der Waals surface area contributed by atoms with E-state index >= 15 is 0 Å². The summed E-state index contributed by atoms with van der Waals surface area (Å²) in [4.78, 5) is 12.2. The van der Waals surface area contributed by atoms with E-state index in [4.69, 9.17) is 0 Å². The fourth-order valence-corrected chi connectivity index (χ4v) is 3.62. The van der Waals surface area contributed by atoms with Gasteiger partial charge in [-0.1, -0.05) is 30.3 Å². The Hall–Kier alpha value is -2.92. The number of H-pyrrole nitrogens is 1. The molecule has 0 saturated carbocycles. The lowest BCUT2D eigenvalue weighted by Gasteiger charge is -2.13. The SMILES string of the molecule is Cc1cc(C)nc(NCC(O)CCc2cccc3[nH]c4ccccc4c23)n1. The van der Waals surface area contributed by atoms with Crippen LogP contribution in [0.25, 0.3) is 21.8 Å². The summed E-state index contributed by atoms with van der Waals surface area (Å²) in [6.45, 7) is 4.32. The lowest BCUT2D eigenvalue weighted by Crippen LogP contribution is -2.21. The van der Waals surface area contributed by atoms with Crippen LogP contribution in [0.1, 0.15) is 23.4 Å². The summed E-state index contributed by atoms with van der Waals surface area (Å²) >= 11 is 0. The second-order valence-corrected chi connectivity index (χ2v) is 7.06. The summed E-state index contributed by atoms with van der Waals surface area (Å²) in [7, 11) is 0. The highest BCUT2D eigenvalue weighted by Crippen LogP contribution is 2.29. The van der Waals surface area contributed by atoms with E-state index in [0.29, 0.717) is 18.9 Å². The van der Waals surface area contributed by atoms with Crippen molar-refractivity contribution in [3.05, 3.63) is 65.5 Å². The molecule has 0 fully saturated rings. The molecule has 5 nitrogen and oxygen atoms in total. The van der Waals surface area contributed by atoms with Gasteiger partial charge in [-0.25, -0.2) is 9.97 Å². The monoisotopic (exact) mass is 360 g/mol. The molecule has 0 radical (unpaired) electrons. The molecule has 3 N–H and O–H groups in total. The first-order chi connectivity index (χ1) is 13.1. The van der Waals surface area contributed by atoms with Crippen LogP contribution >= 0.6 is 0 Å². The third-order valence-electron chi connectivity index (χ3n) is 4.84. The van der Waals surface area contributed by atoms with Crippen molar-refractivity contribution < 1.29 is 5.11 Å². The Morgan fingerprint density at radius 1 is 1.00 bits per heavy atom. The minimum atomic E-state index is -0.463. The largest absolute Gasteiger partial charge is 0.391 e. The quantitative estimate of drug-likeness (QED) is 0.483. The summed E-state index contributed by atoms with van der Waals surface area (Å²) < 4.78 is 0. The lowest BCUT2D eigenvalue weighted by molar-refractivity contribution is 0.177. The van der Waals surface area contributed by atoms with Gasteiger partial charge in [0.2, 0.25) is 5.95 Å². The summed E-state index contributed by atoms with van der Waals surface area (Å²) in [5, 5.41) is 16.1. The van der Waals surface area contributed by atoms with Gasteiger partial charge in [-0.15, -0.1) is 0 Å². The van der Waals surface area contributed by atoms with Crippen molar-refractivity contribution in [2.75, 3.05) is 11.9 Å². The lowest BCUT2D eigenvalue weighted by atomic mass is 10.0. The van der Waals surface area contributed by atoms with E-state index in [1.807, 2.05) is 26.0 Å². The summed E-state index contributed by atoms with van der Waals surface area (Å²) in [5.74, 6) is 0.574. The highest BCUT2D eigenvalue weighted by atomic mass is 16.3. The number of anilines is 1. The molecule has 4 rings (SSSR count). The molecule has 2 heterocycles. The molecule has 5 heteroatoms. The van der Waals surface area contributed by atoms with Crippen LogP contribution in [0.15, 0.2) is 48.5 Å². The Labute approximate surface area is 158 Å². The van der Waals surface area contributed by atoms with Crippen LogP contribution in [0.3, 0.4) is 0 Å². The standard InChI is InChI=1S/C22H24N4O/c1-14-12-15(2)25-22(24-14)23-13-17(27)11-10-16-6-5-9-20-21(16)18-7-3-4-8-19(18)26-20/h3-9,12,17,26-27H,10-11,13H2,1-2H3,(H,23,24,25). The number of hydrogen-bond donors (Lipinski definition) is 3. The number of aromatic nitrogens is 3. The minimum absolute atomic E-state index is 0.437. The van der Waals surface area contributed by atoms with Gasteiger partial charge in [-0.05, 0) is 50.5 Å². The van der Waals surface area contributed by atoms with Crippen LogP contribution in [-0.4, -0.2) is 32.7 Å². The van der Waals surface area contributed by atoms with Crippen molar-refractivity contribution >= 4 is 27.8 Å². The van der Waals surface area contributed by atoms with Crippen LogP contribution in [0.2, 0.25) is 0 Å². The number of aryl methyl sites for hydroxylation is 3. The van der Waals surface area contributed by atoms with E-state index in [2.05, 4.69) is 56.7 Å². The predicted molar refractivity (Wildman–Crippen MR) is 110 cm³/mol. The van der Waals surface area contributed by atoms with Crippen LogP contribution < -0.4 is 5.32 Å². The van der Waals surface area contributed by atoms with Gasteiger partial charge in [0.05, 0.1) is 6.10 Å². The summed E-state index contributed by atoms with van der Waals surface area (Å²) in [6.07, 6.45) is 1.03. The van der Waals surface area contributed by atoms with Crippen molar-refractivity contribution in [2.24, 2.45) is 0 Å². The van der Waals surface area contributed by atoms with E-state index in [1.54, 1.807) is 0 Å². The number of para-hydroxylation sites is 1. The Morgan fingerprint density at radius 3 is 2.56 bits per heavy atom. The van der Waals surface area contributed by atoms with Gasteiger partial charge in [0.25, 0.3) is 0 Å². The van der Waals surface area contributed by atoms with Gasteiger partial charge in [0.15, 0.2) is 0 Å². The van der Waals surface area contributed by atoms with Crippen molar-refractivity contribution in [1.82, 2.24) is 15.0 Å². The number of nitrogens with one attached hydrogen (secondary N) is 2. The van der Waals surface area contributed by atoms with Crippen LogP contribution in [-0.2, 0) is 6.42 Å². The zero-order chi connectivity index (χ0) is 18.8. The second-order valence-electron chi connectivity index (χ2n) is 7.06. The number of rotatable bonds is 6. The first-order valence-electron chi connectivity index (χ1n) is 9.32. The molecule has 1 unspecified atom stereocenters.